The lowest BCUT2D eigenvalue weighted by molar-refractivity contribution is -0.198. The van der Waals surface area contributed by atoms with Crippen LogP contribution in [0.25, 0.3) is 0 Å². The standard InChI is InChI=1S/C20H32O4.H2O2/c1-2-3-4-5-6-7-8-9-10-11-12-13-14-16-19(24-23)17-15-18-20(21)22;1-2/h12-18,23H,2-11H2,1H3,(H,21,22);1-2H/b13-12+,16-14+,18-15+,19-17-;. The molecule has 26 heavy (non-hydrogen) atoms. The van der Waals surface area contributed by atoms with Crippen molar-refractivity contribution in [2.24, 2.45) is 0 Å². The fourth-order valence-corrected chi connectivity index (χ4v) is 2.24. The summed E-state index contributed by atoms with van der Waals surface area (Å²) in [7, 11) is 0. The predicted octanol–water partition coefficient (Wildman–Crippen LogP) is 6.05. The first-order valence-corrected chi connectivity index (χ1v) is 9.16. The number of rotatable bonds is 15. The van der Waals surface area contributed by atoms with Gasteiger partial charge < -0.3 is 9.99 Å². The molecular formula is C20H34O6. The van der Waals surface area contributed by atoms with Crippen LogP contribution in [0.2, 0.25) is 0 Å². The highest BCUT2D eigenvalue weighted by Gasteiger charge is 1.91. The van der Waals surface area contributed by atoms with Crippen LogP contribution in [0, 0.1) is 0 Å². The minimum atomic E-state index is -1.05. The van der Waals surface area contributed by atoms with E-state index in [0.717, 1.165) is 12.5 Å². The number of carbonyl (C=O) groups is 1. The Morgan fingerprint density at radius 2 is 1.42 bits per heavy atom. The van der Waals surface area contributed by atoms with Crippen molar-refractivity contribution in [3.05, 3.63) is 48.3 Å². The molecule has 6 heteroatoms. The third-order valence-electron chi connectivity index (χ3n) is 3.59. The Balaban J connectivity index is 0. The molecule has 0 amide bonds. The Hall–Kier alpha value is -1.89. The number of hydrogen-bond acceptors (Lipinski definition) is 5. The number of carboxylic acid groups (broad SMARTS) is 1. The summed E-state index contributed by atoms with van der Waals surface area (Å²) in [6, 6.07) is 0. The molecule has 0 aromatic carbocycles. The summed E-state index contributed by atoms with van der Waals surface area (Å²) in [6.07, 6.45) is 23.9. The van der Waals surface area contributed by atoms with Gasteiger partial charge in [-0.25, -0.2) is 10.1 Å². The van der Waals surface area contributed by atoms with E-state index < -0.39 is 5.97 Å². The molecule has 0 rings (SSSR count). The summed E-state index contributed by atoms with van der Waals surface area (Å²) in [4.78, 5) is 14.4. The predicted molar refractivity (Wildman–Crippen MR) is 104 cm³/mol. The van der Waals surface area contributed by atoms with Gasteiger partial charge in [0.1, 0.15) is 0 Å². The molecule has 0 aliphatic rings. The first-order chi connectivity index (χ1) is 12.7. The number of hydrogen-bond donors (Lipinski definition) is 4. The van der Waals surface area contributed by atoms with Crippen LogP contribution < -0.4 is 0 Å². The molecule has 0 radical (unpaired) electrons. The lowest BCUT2D eigenvalue weighted by atomic mass is 10.1. The molecule has 0 saturated heterocycles. The summed E-state index contributed by atoms with van der Waals surface area (Å²) >= 11 is 0. The fraction of sp³-hybridized carbons (Fsp3) is 0.550. The Bertz CT molecular complexity index is 424. The molecule has 0 unspecified atom stereocenters. The molecule has 0 fully saturated rings. The third kappa shape index (κ3) is 22.1. The van der Waals surface area contributed by atoms with Gasteiger partial charge in [-0.3, -0.25) is 10.5 Å². The second-order valence-corrected chi connectivity index (χ2v) is 5.76. The molecule has 0 spiro atoms. The Kier molecular flexibility index (Phi) is 23.4. The van der Waals surface area contributed by atoms with E-state index in [-0.39, 0.29) is 5.76 Å². The second kappa shape index (κ2) is 23.1. The number of unbranched alkanes of at least 4 members (excludes halogenated alkanes) is 9. The van der Waals surface area contributed by atoms with E-state index in [1.807, 2.05) is 6.08 Å². The average molecular weight is 370 g/mol. The van der Waals surface area contributed by atoms with Gasteiger partial charge in [0.25, 0.3) is 0 Å². The van der Waals surface area contributed by atoms with Crippen LogP contribution in [-0.4, -0.2) is 26.8 Å². The van der Waals surface area contributed by atoms with E-state index >= 15 is 0 Å². The van der Waals surface area contributed by atoms with Gasteiger partial charge in [-0.15, -0.1) is 0 Å². The highest BCUT2D eigenvalue weighted by atomic mass is 17.1. The zero-order valence-corrected chi connectivity index (χ0v) is 15.7. The maximum Gasteiger partial charge on any atom is 0.328 e. The molecule has 0 aliphatic carbocycles. The fourth-order valence-electron chi connectivity index (χ4n) is 2.24. The minimum absolute atomic E-state index is 0.181. The average Bonchev–Trinajstić information content (AvgIpc) is 2.65. The Morgan fingerprint density at radius 3 is 1.96 bits per heavy atom. The van der Waals surface area contributed by atoms with Crippen molar-refractivity contribution >= 4 is 5.97 Å². The summed E-state index contributed by atoms with van der Waals surface area (Å²) < 4.78 is 0. The van der Waals surface area contributed by atoms with Crippen molar-refractivity contribution in [1.82, 2.24) is 0 Å². The molecule has 0 aromatic heterocycles. The van der Waals surface area contributed by atoms with E-state index in [1.165, 1.54) is 69.9 Å². The quantitative estimate of drug-likeness (QED) is 0.0698. The molecule has 0 aliphatic heterocycles. The summed E-state index contributed by atoms with van der Waals surface area (Å²) in [5, 5.41) is 29.1. The van der Waals surface area contributed by atoms with Crippen molar-refractivity contribution in [2.45, 2.75) is 71.1 Å². The second-order valence-electron chi connectivity index (χ2n) is 5.76. The zero-order valence-electron chi connectivity index (χ0n) is 15.7. The van der Waals surface area contributed by atoms with Crippen LogP contribution in [0.5, 0.6) is 0 Å². The highest BCUT2D eigenvalue weighted by molar-refractivity contribution is 5.80. The van der Waals surface area contributed by atoms with Crippen molar-refractivity contribution in [2.75, 3.05) is 0 Å². The topological polar surface area (TPSA) is 107 Å². The number of carboxylic acids is 1. The lowest BCUT2D eigenvalue weighted by Gasteiger charge is -2.00. The maximum atomic E-state index is 10.3. The van der Waals surface area contributed by atoms with E-state index in [9.17, 15) is 4.79 Å². The van der Waals surface area contributed by atoms with Crippen LogP contribution in [0.3, 0.4) is 0 Å². The van der Waals surface area contributed by atoms with Crippen LogP contribution in [0.15, 0.2) is 48.3 Å². The lowest BCUT2D eigenvalue weighted by Crippen LogP contribution is -1.85. The first kappa shape index (κ1) is 26.3. The van der Waals surface area contributed by atoms with Gasteiger partial charge in [0.2, 0.25) is 0 Å². The first-order valence-electron chi connectivity index (χ1n) is 9.16. The smallest absolute Gasteiger partial charge is 0.328 e. The Morgan fingerprint density at radius 1 is 0.846 bits per heavy atom. The van der Waals surface area contributed by atoms with Gasteiger partial charge in [0.05, 0.1) is 0 Å². The summed E-state index contributed by atoms with van der Waals surface area (Å²) in [5.41, 5.74) is 0. The van der Waals surface area contributed by atoms with Gasteiger partial charge in [0.15, 0.2) is 5.76 Å². The number of aliphatic carboxylic acids is 1. The van der Waals surface area contributed by atoms with Crippen molar-refractivity contribution in [3.63, 3.8) is 0 Å². The molecule has 0 aromatic rings. The maximum absolute atomic E-state index is 10.3. The molecular weight excluding hydrogens is 336 g/mol. The van der Waals surface area contributed by atoms with Gasteiger partial charge >= 0.3 is 5.97 Å². The molecule has 4 N–H and O–H groups in total. The van der Waals surface area contributed by atoms with E-state index in [0.29, 0.717) is 0 Å². The van der Waals surface area contributed by atoms with Gasteiger partial charge in [0, 0.05) is 6.08 Å². The monoisotopic (exact) mass is 370 g/mol. The molecule has 6 nitrogen and oxygen atoms in total. The van der Waals surface area contributed by atoms with Crippen molar-refractivity contribution in [1.29, 1.82) is 0 Å². The molecule has 0 bridgehead atoms. The zero-order chi connectivity index (χ0) is 19.9. The van der Waals surface area contributed by atoms with Crippen LogP contribution in [0.4, 0.5) is 0 Å². The van der Waals surface area contributed by atoms with Crippen LogP contribution in [0.1, 0.15) is 71.1 Å². The minimum Gasteiger partial charge on any atom is -0.478 e. The molecule has 0 saturated carbocycles. The van der Waals surface area contributed by atoms with Crippen molar-refractivity contribution < 1.29 is 30.6 Å². The summed E-state index contributed by atoms with van der Waals surface area (Å²) in [5.74, 6) is -0.867. The number of allylic oxidation sites excluding steroid dienone is 6. The molecule has 150 valence electrons. The van der Waals surface area contributed by atoms with Crippen molar-refractivity contribution in [3.8, 4) is 0 Å². The molecule has 0 heterocycles. The van der Waals surface area contributed by atoms with Crippen LogP contribution in [-0.2, 0) is 9.68 Å². The largest absolute Gasteiger partial charge is 0.478 e. The van der Waals surface area contributed by atoms with E-state index in [1.54, 1.807) is 12.2 Å². The highest BCUT2D eigenvalue weighted by Crippen LogP contribution is 2.10. The molecule has 0 atom stereocenters. The Labute approximate surface area is 156 Å². The van der Waals surface area contributed by atoms with Gasteiger partial charge in [-0.1, -0.05) is 82.6 Å². The SMILES string of the molecule is CCCCCCCCCCC/C=C/C=C/C(=C/C=C/C(=O)O)OO.OO. The third-order valence-corrected chi connectivity index (χ3v) is 3.59. The van der Waals surface area contributed by atoms with Gasteiger partial charge in [-0.05, 0) is 25.0 Å². The van der Waals surface area contributed by atoms with Crippen LogP contribution >= 0.6 is 0 Å². The van der Waals surface area contributed by atoms with E-state index in [4.69, 9.17) is 20.9 Å². The summed E-state index contributed by atoms with van der Waals surface area (Å²) in [6.45, 7) is 2.24. The van der Waals surface area contributed by atoms with Gasteiger partial charge in [-0.2, -0.15) is 0 Å². The van der Waals surface area contributed by atoms with E-state index in [2.05, 4.69) is 17.9 Å². The normalized spacial score (nSPS) is 11.9.